The molecule has 0 aliphatic carbocycles. The standard InChI is InChI=1S/C20H20F2N2O4S/c1-13-5-6-18-15(11-13)20(25)28-12-24(18)14-7-9-23(10-8-14)29(26,27)19-16(21)3-2-4-17(19)22/h2-6,11,14H,7-10,12H2,1H3. The van der Waals surface area contributed by atoms with Crippen molar-refractivity contribution >= 4 is 21.7 Å². The maximum atomic E-state index is 14.0. The zero-order chi connectivity index (χ0) is 20.8. The molecule has 2 heterocycles. The van der Waals surface area contributed by atoms with Gasteiger partial charge in [-0.3, -0.25) is 0 Å². The third kappa shape index (κ3) is 3.49. The van der Waals surface area contributed by atoms with Gasteiger partial charge in [-0.25, -0.2) is 22.0 Å². The molecule has 2 aromatic carbocycles. The van der Waals surface area contributed by atoms with E-state index in [0.29, 0.717) is 18.4 Å². The first-order chi connectivity index (χ1) is 13.8. The summed E-state index contributed by atoms with van der Waals surface area (Å²) in [6.45, 7) is 2.21. The van der Waals surface area contributed by atoms with E-state index in [-0.39, 0.29) is 31.8 Å². The molecular weight excluding hydrogens is 402 g/mol. The number of rotatable bonds is 3. The minimum Gasteiger partial charge on any atom is -0.441 e. The zero-order valence-electron chi connectivity index (χ0n) is 15.8. The van der Waals surface area contributed by atoms with E-state index in [0.717, 1.165) is 33.8 Å². The SMILES string of the molecule is Cc1ccc2c(c1)C(=O)OCN2C1CCN(S(=O)(=O)c2c(F)cccc2F)CC1. The van der Waals surface area contributed by atoms with E-state index in [1.54, 1.807) is 6.07 Å². The summed E-state index contributed by atoms with van der Waals surface area (Å²) in [4.78, 5) is 13.1. The molecule has 0 saturated carbocycles. The molecular formula is C20H20F2N2O4S. The second-order valence-corrected chi connectivity index (χ2v) is 9.11. The Labute approximate surface area is 167 Å². The molecule has 1 saturated heterocycles. The van der Waals surface area contributed by atoms with E-state index in [1.165, 1.54) is 0 Å². The number of cyclic esters (lactones) is 1. The molecule has 2 aliphatic heterocycles. The molecule has 2 aliphatic rings. The van der Waals surface area contributed by atoms with Crippen molar-refractivity contribution in [2.75, 3.05) is 24.7 Å². The Bertz CT molecular complexity index is 1050. The average molecular weight is 422 g/mol. The fourth-order valence-electron chi connectivity index (χ4n) is 3.89. The number of carbonyl (C=O) groups is 1. The van der Waals surface area contributed by atoms with Gasteiger partial charge in [-0.15, -0.1) is 0 Å². The molecule has 0 radical (unpaired) electrons. The summed E-state index contributed by atoms with van der Waals surface area (Å²) in [5, 5.41) is 0. The van der Waals surface area contributed by atoms with Gasteiger partial charge in [-0.1, -0.05) is 17.7 Å². The molecule has 1 fully saturated rings. The molecule has 0 unspecified atom stereocenters. The molecule has 154 valence electrons. The molecule has 9 heteroatoms. The van der Waals surface area contributed by atoms with Gasteiger partial charge in [-0.05, 0) is 44.0 Å². The van der Waals surface area contributed by atoms with Crippen molar-refractivity contribution in [1.29, 1.82) is 0 Å². The van der Waals surface area contributed by atoms with Crippen molar-refractivity contribution in [2.24, 2.45) is 0 Å². The Morgan fingerprint density at radius 2 is 1.72 bits per heavy atom. The minimum absolute atomic E-state index is 0.0542. The summed E-state index contributed by atoms with van der Waals surface area (Å²) in [6, 6.07) is 8.49. The van der Waals surface area contributed by atoms with Gasteiger partial charge in [0.05, 0.1) is 11.3 Å². The lowest BCUT2D eigenvalue weighted by Gasteiger charge is -2.41. The topological polar surface area (TPSA) is 66.9 Å². The van der Waals surface area contributed by atoms with Crippen LogP contribution in [0.15, 0.2) is 41.3 Å². The number of carbonyl (C=O) groups excluding carboxylic acids is 1. The Kier molecular flexibility index (Phi) is 5.04. The monoisotopic (exact) mass is 422 g/mol. The van der Waals surface area contributed by atoms with Crippen LogP contribution < -0.4 is 4.90 Å². The molecule has 4 rings (SSSR count). The van der Waals surface area contributed by atoms with Crippen LogP contribution in [0.1, 0.15) is 28.8 Å². The number of fused-ring (bicyclic) bond motifs is 1. The lowest BCUT2D eigenvalue weighted by Crippen LogP contribution is -2.49. The maximum Gasteiger partial charge on any atom is 0.341 e. The molecule has 2 aromatic rings. The van der Waals surface area contributed by atoms with Crippen LogP contribution in [0.3, 0.4) is 0 Å². The summed E-state index contributed by atoms with van der Waals surface area (Å²) in [6.07, 6.45) is 0.889. The number of sulfonamides is 1. The minimum atomic E-state index is -4.27. The van der Waals surface area contributed by atoms with E-state index in [2.05, 4.69) is 0 Å². The number of hydrogen-bond donors (Lipinski definition) is 0. The molecule has 6 nitrogen and oxygen atoms in total. The number of esters is 1. The van der Waals surface area contributed by atoms with Gasteiger partial charge in [0.1, 0.15) is 11.6 Å². The van der Waals surface area contributed by atoms with Gasteiger partial charge < -0.3 is 9.64 Å². The van der Waals surface area contributed by atoms with Gasteiger partial charge in [0, 0.05) is 19.1 Å². The molecule has 0 bridgehead atoms. The highest BCUT2D eigenvalue weighted by Gasteiger charge is 2.37. The molecule has 0 aromatic heterocycles. The second kappa shape index (κ2) is 7.38. The Morgan fingerprint density at radius 1 is 1.07 bits per heavy atom. The van der Waals surface area contributed by atoms with E-state index in [4.69, 9.17) is 4.74 Å². The Balaban J connectivity index is 1.54. The fraction of sp³-hybridized carbons (Fsp3) is 0.350. The van der Waals surface area contributed by atoms with Crippen molar-refractivity contribution in [3.05, 3.63) is 59.2 Å². The van der Waals surface area contributed by atoms with Crippen LogP contribution in [0.25, 0.3) is 0 Å². The normalized spacial score (nSPS) is 18.4. The van der Waals surface area contributed by atoms with Crippen molar-refractivity contribution in [2.45, 2.75) is 30.7 Å². The summed E-state index contributed by atoms with van der Waals surface area (Å²) in [5.41, 5.74) is 2.18. The van der Waals surface area contributed by atoms with Crippen LogP contribution >= 0.6 is 0 Å². The van der Waals surface area contributed by atoms with E-state index in [9.17, 15) is 22.0 Å². The summed E-state index contributed by atoms with van der Waals surface area (Å²) in [7, 11) is -4.27. The van der Waals surface area contributed by atoms with E-state index >= 15 is 0 Å². The highest BCUT2D eigenvalue weighted by molar-refractivity contribution is 7.89. The lowest BCUT2D eigenvalue weighted by molar-refractivity contribution is 0.0463. The number of ether oxygens (including phenoxy) is 1. The number of anilines is 1. The van der Waals surface area contributed by atoms with Gasteiger partial charge in [0.2, 0.25) is 10.0 Å². The van der Waals surface area contributed by atoms with Crippen LogP contribution in [-0.2, 0) is 14.8 Å². The number of halogens is 2. The maximum absolute atomic E-state index is 14.0. The molecule has 0 amide bonds. The van der Waals surface area contributed by atoms with Gasteiger partial charge in [-0.2, -0.15) is 4.31 Å². The van der Waals surface area contributed by atoms with Crippen molar-refractivity contribution in [3.8, 4) is 0 Å². The van der Waals surface area contributed by atoms with Crippen LogP contribution in [0, 0.1) is 18.6 Å². The number of benzene rings is 2. The quantitative estimate of drug-likeness (QED) is 0.712. The van der Waals surface area contributed by atoms with Crippen LogP contribution in [0.2, 0.25) is 0 Å². The molecule has 0 spiro atoms. The smallest absolute Gasteiger partial charge is 0.341 e. The number of aryl methyl sites for hydroxylation is 1. The fourth-order valence-corrected chi connectivity index (χ4v) is 5.47. The van der Waals surface area contributed by atoms with Crippen LogP contribution in [0.5, 0.6) is 0 Å². The highest BCUT2D eigenvalue weighted by Crippen LogP contribution is 2.33. The number of nitrogens with zero attached hydrogens (tertiary/aromatic N) is 2. The highest BCUT2D eigenvalue weighted by atomic mass is 32.2. The first kappa shape index (κ1) is 19.8. The average Bonchev–Trinajstić information content (AvgIpc) is 2.68. The van der Waals surface area contributed by atoms with Crippen molar-refractivity contribution in [1.82, 2.24) is 4.31 Å². The first-order valence-corrected chi connectivity index (χ1v) is 10.7. The van der Waals surface area contributed by atoms with Gasteiger partial charge in [0.25, 0.3) is 0 Å². The van der Waals surface area contributed by atoms with Crippen LogP contribution in [0.4, 0.5) is 14.5 Å². The van der Waals surface area contributed by atoms with Crippen molar-refractivity contribution < 1.29 is 26.7 Å². The van der Waals surface area contributed by atoms with Crippen molar-refractivity contribution in [3.63, 3.8) is 0 Å². The molecule has 29 heavy (non-hydrogen) atoms. The lowest BCUT2D eigenvalue weighted by atomic mass is 10.0. The third-order valence-electron chi connectivity index (χ3n) is 5.40. The van der Waals surface area contributed by atoms with E-state index < -0.39 is 26.6 Å². The number of hydrogen-bond acceptors (Lipinski definition) is 5. The van der Waals surface area contributed by atoms with Gasteiger partial charge in [0.15, 0.2) is 11.6 Å². The van der Waals surface area contributed by atoms with Gasteiger partial charge >= 0.3 is 5.97 Å². The molecule has 0 atom stereocenters. The van der Waals surface area contributed by atoms with Crippen LogP contribution in [-0.4, -0.2) is 44.6 Å². The zero-order valence-corrected chi connectivity index (χ0v) is 16.6. The molecule has 0 N–H and O–H groups in total. The Hall–Kier alpha value is -2.52. The first-order valence-electron chi connectivity index (χ1n) is 9.27. The summed E-state index contributed by atoms with van der Waals surface area (Å²) < 4.78 is 59.9. The predicted molar refractivity (Wildman–Crippen MR) is 102 cm³/mol. The summed E-state index contributed by atoms with van der Waals surface area (Å²) >= 11 is 0. The Morgan fingerprint density at radius 3 is 2.38 bits per heavy atom. The summed E-state index contributed by atoms with van der Waals surface area (Å²) in [5.74, 6) is -2.58. The predicted octanol–water partition coefficient (Wildman–Crippen LogP) is 3.06. The largest absolute Gasteiger partial charge is 0.441 e. The van der Waals surface area contributed by atoms with E-state index in [1.807, 2.05) is 24.0 Å². The third-order valence-corrected chi connectivity index (χ3v) is 7.35. The number of piperidine rings is 1. The second-order valence-electron chi connectivity index (χ2n) is 7.24.